The van der Waals surface area contributed by atoms with E-state index < -0.39 is 6.61 Å². The zero-order valence-electron chi connectivity index (χ0n) is 10.5. The zero-order chi connectivity index (χ0) is 13.7. The van der Waals surface area contributed by atoms with Crippen LogP contribution in [0.15, 0.2) is 17.4 Å². The first-order valence-electron chi connectivity index (χ1n) is 5.48. The van der Waals surface area contributed by atoms with Gasteiger partial charge in [0.2, 0.25) is 0 Å². The number of pyridine rings is 1. The molecule has 0 saturated carbocycles. The molecule has 5 nitrogen and oxygen atoms in total. The normalized spacial score (nSPS) is 12.3. The summed E-state index contributed by atoms with van der Waals surface area (Å²) in [5, 5.41) is 4.21. The molecule has 0 aliphatic carbocycles. The Balaban J connectivity index is 2.93. The molecular formula is C11H17F2N4O+. The van der Waals surface area contributed by atoms with Crippen LogP contribution in [-0.2, 0) is 0 Å². The number of halogens is 2. The van der Waals surface area contributed by atoms with Crippen molar-refractivity contribution in [1.82, 2.24) is 4.98 Å². The van der Waals surface area contributed by atoms with Crippen LogP contribution in [0.25, 0.3) is 0 Å². The highest BCUT2D eigenvalue weighted by Gasteiger charge is 2.11. The molecule has 1 aromatic heterocycles. The lowest BCUT2D eigenvalue weighted by molar-refractivity contribution is -0.689. The summed E-state index contributed by atoms with van der Waals surface area (Å²) in [6.07, 6.45) is 1.47. The molecule has 0 spiro atoms. The molecule has 0 amide bonds. The highest BCUT2D eigenvalue weighted by atomic mass is 19.3. The summed E-state index contributed by atoms with van der Waals surface area (Å²) in [6, 6.07) is 1.71. The number of nitrogen functional groups attached to an aromatic ring is 1. The van der Waals surface area contributed by atoms with Gasteiger partial charge in [-0.1, -0.05) is 5.10 Å². The summed E-state index contributed by atoms with van der Waals surface area (Å²) in [7, 11) is 0. The topological polar surface area (TPSA) is 77.1 Å². The van der Waals surface area contributed by atoms with Crippen molar-refractivity contribution >= 4 is 11.5 Å². The van der Waals surface area contributed by atoms with E-state index in [9.17, 15) is 8.78 Å². The van der Waals surface area contributed by atoms with Crippen LogP contribution in [0.5, 0.6) is 5.75 Å². The van der Waals surface area contributed by atoms with Crippen LogP contribution in [0.4, 0.5) is 14.6 Å². The van der Waals surface area contributed by atoms with Gasteiger partial charge in [0.1, 0.15) is 11.8 Å². The van der Waals surface area contributed by atoms with Gasteiger partial charge in [-0.3, -0.25) is 0 Å². The Hall–Kier alpha value is -1.76. The standard InChI is InChI=1S/C11H16F2N4O/c1-6(2)16-17-7(3)8-4-9(18-11(12)13)10(14)15-5-8/h4-6,11,16H,1-3H3,(H2,14,15)/p+1. The molecule has 1 rings (SSSR count). The van der Waals surface area contributed by atoms with Gasteiger partial charge < -0.3 is 10.5 Å². The van der Waals surface area contributed by atoms with E-state index in [1.807, 2.05) is 13.8 Å². The molecule has 1 heterocycles. The molecule has 7 heteroatoms. The number of anilines is 1. The molecule has 0 aromatic carbocycles. The van der Waals surface area contributed by atoms with Gasteiger partial charge in [0, 0.05) is 11.8 Å². The lowest BCUT2D eigenvalue weighted by atomic mass is 10.2. The first kappa shape index (κ1) is 14.3. The highest BCUT2D eigenvalue weighted by molar-refractivity contribution is 5.98. The quantitative estimate of drug-likeness (QED) is 0.470. The number of ether oxygens (including phenoxy) is 1. The van der Waals surface area contributed by atoms with Crippen LogP contribution in [0, 0.1) is 0 Å². The molecular weight excluding hydrogens is 242 g/mol. The van der Waals surface area contributed by atoms with Gasteiger partial charge >= 0.3 is 6.61 Å². The fraction of sp³-hybridized carbons (Fsp3) is 0.455. The Bertz CT molecular complexity index is 435. The Kier molecular flexibility index (Phi) is 4.96. The summed E-state index contributed by atoms with van der Waals surface area (Å²) in [4.78, 5) is 3.81. The molecule has 0 radical (unpaired) electrons. The van der Waals surface area contributed by atoms with Gasteiger partial charge in [0.25, 0.3) is 0 Å². The molecule has 18 heavy (non-hydrogen) atoms. The van der Waals surface area contributed by atoms with Gasteiger partial charge in [0.05, 0.1) is 0 Å². The van der Waals surface area contributed by atoms with Crippen molar-refractivity contribution in [3.8, 4) is 5.75 Å². The average Bonchev–Trinajstić information content (AvgIpc) is 2.28. The van der Waals surface area contributed by atoms with E-state index in [1.54, 1.807) is 12.3 Å². The number of nitrogens with two attached hydrogens (primary N) is 2. The molecule has 0 atom stereocenters. The smallest absolute Gasteiger partial charge is 0.387 e. The second kappa shape index (κ2) is 6.25. The predicted molar refractivity (Wildman–Crippen MR) is 64.6 cm³/mol. The first-order valence-corrected chi connectivity index (χ1v) is 5.48. The molecule has 0 fully saturated rings. The van der Waals surface area contributed by atoms with Crippen molar-refractivity contribution in [2.45, 2.75) is 33.4 Å². The summed E-state index contributed by atoms with van der Waals surface area (Å²) in [5.41, 5.74) is 8.46. The molecule has 0 saturated heterocycles. The Morgan fingerprint density at radius 1 is 1.50 bits per heavy atom. The maximum absolute atomic E-state index is 12.1. The number of alkyl halides is 2. The predicted octanol–water partition coefficient (Wildman–Crippen LogP) is 0.961. The SMILES string of the molecule is CC(=N[NH2+]C(C)C)c1cnc(N)c(OC(F)F)c1. The van der Waals surface area contributed by atoms with Gasteiger partial charge in [-0.15, -0.1) is 0 Å². The second-order valence-electron chi connectivity index (χ2n) is 4.09. The van der Waals surface area contributed by atoms with E-state index in [0.29, 0.717) is 17.3 Å². The summed E-state index contributed by atoms with van der Waals surface area (Å²) >= 11 is 0. The van der Waals surface area contributed by atoms with E-state index in [2.05, 4.69) is 14.8 Å². The lowest BCUT2D eigenvalue weighted by Gasteiger charge is -2.08. The van der Waals surface area contributed by atoms with E-state index in [-0.39, 0.29) is 11.6 Å². The number of quaternary nitrogens is 1. The number of rotatable bonds is 5. The Morgan fingerprint density at radius 3 is 2.72 bits per heavy atom. The minimum Gasteiger partial charge on any atom is -0.431 e. The number of aromatic nitrogens is 1. The third-order valence-electron chi connectivity index (χ3n) is 2.08. The molecule has 100 valence electrons. The van der Waals surface area contributed by atoms with Crippen molar-refractivity contribution < 1.29 is 18.9 Å². The van der Waals surface area contributed by atoms with Crippen molar-refractivity contribution in [3.63, 3.8) is 0 Å². The monoisotopic (exact) mass is 259 g/mol. The van der Waals surface area contributed by atoms with Crippen LogP contribution >= 0.6 is 0 Å². The third kappa shape index (κ3) is 4.25. The van der Waals surface area contributed by atoms with Crippen molar-refractivity contribution in [2.75, 3.05) is 5.73 Å². The Labute approximate surface area is 104 Å². The van der Waals surface area contributed by atoms with Gasteiger partial charge in [-0.25, -0.2) is 10.4 Å². The molecule has 4 N–H and O–H groups in total. The van der Waals surface area contributed by atoms with Gasteiger partial charge in [0.15, 0.2) is 11.6 Å². The van der Waals surface area contributed by atoms with Crippen molar-refractivity contribution in [1.29, 1.82) is 0 Å². The zero-order valence-corrected chi connectivity index (χ0v) is 10.5. The van der Waals surface area contributed by atoms with Gasteiger partial charge in [-0.05, 0) is 26.8 Å². The highest BCUT2D eigenvalue weighted by Crippen LogP contribution is 2.22. The number of hydrogen-bond donors (Lipinski definition) is 2. The van der Waals surface area contributed by atoms with Crippen LogP contribution in [-0.4, -0.2) is 23.3 Å². The minimum absolute atomic E-state index is 0.0697. The largest absolute Gasteiger partial charge is 0.431 e. The summed E-state index contributed by atoms with van der Waals surface area (Å²) in [6.45, 7) is 2.81. The van der Waals surface area contributed by atoms with E-state index >= 15 is 0 Å². The fourth-order valence-corrected chi connectivity index (χ4v) is 1.18. The second-order valence-corrected chi connectivity index (χ2v) is 4.09. The minimum atomic E-state index is -2.93. The number of hydrogen-bond acceptors (Lipinski definition) is 4. The summed E-state index contributed by atoms with van der Waals surface area (Å²) < 4.78 is 28.6. The molecule has 1 aromatic rings. The first-order chi connectivity index (χ1) is 8.40. The average molecular weight is 259 g/mol. The molecule has 0 unspecified atom stereocenters. The van der Waals surface area contributed by atoms with E-state index in [4.69, 9.17) is 5.73 Å². The Morgan fingerprint density at radius 2 is 2.17 bits per heavy atom. The van der Waals surface area contributed by atoms with E-state index in [0.717, 1.165) is 0 Å². The maximum Gasteiger partial charge on any atom is 0.387 e. The molecule has 0 bridgehead atoms. The molecule has 0 aliphatic heterocycles. The van der Waals surface area contributed by atoms with E-state index in [1.165, 1.54) is 12.3 Å². The van der Waals surface area contributed by atoms with Crippen LogP contribution in [0.1, 0.15) is 26.3 Å². The van der Waals surface area contributed by atoms with Gasteiger partial charge in [-0.2, -0.15) is 8.78 Å². The van der Waals surface area contributed by atoms with Crippen LogP contribution < -0.4 is 15.9 Å². The van der Waals surface area contributed by atoms with Crippen molar-refractivity contribution in [2.24, 2.45) is 5.10 Å². The number of nitrogens with zero attached hydrogens (tertiary/aromatic N) is 2. The third-order valence-corrected chi connectivity index (χ3v) is 2.08. The van der Waals surface area contributed by atoms with Crippen LogP contribution in [0.2, 0.25) is 0 Å². The van der Waals surface area contributed by atoms with Crippen molar-refractivity contribution in [3.05, 3.63) is 17.8 Å². The summed E-state index contributed by atoms with van der Waals surface area (Å²) in [5.74, 6) is -0.207. The lowest BCUT2D eigenvalue weighted by Crippen LogP contribution is -2.83. The maximum atomic E-state index is 12.1. The fourth-order valence-electron chi connectivity index (χ4n) is 1.18. The van der Waals surface area contributed by atoms with Crippen LogP contribution in [0.3, 0.4) is 0 Å². The molecule has 0 aliphatic rings.